The molecule has 18 heavy (non-hydrogen) atoms. The molecule has 0 saturated carbocycles. The first-order chi connectivity index (χ1) is 8.17. The summed E-state index contributed by atoms with van der Waals surface area (Å²) < 4.78 is 27.3. The Bertz CT molecular complexity index is 500. The van der Waals surface area contributed by atoms with Crippen molar-refractivity contribution < 1.29 is 8.42 Å². The van der Waals surface area contributed by atoms with Crippen molar-refractivity contribution in [1.82, 2.24) is 20.2 Å². The molecule has 0 fully saturated rings. The van der Waals surface area contributed by atoms with E-state index < -0.39 is 15.6 Å². The molecule has 0 saturated heterocycles. The monoisotopic (exact) mass is 274 g/mol. The first kappa shape index (κ1) is 15.1. The second-order valence-electron chi connectivity index (χ2n) is 5.26. The fourth-order valence-corrected chi connectivity index (χ4v) is 3.43. The predicted octanol–water partition coefficient (Wildman–Crippen LogP) is 0.904. The summed E-state index contributed by atoms with van der Waals surface area (Å²) in [6.07, 6.45) is 0. The van der Waals surface area contributed by atoms with E-state index in [0.29, 0.717) is 17.9 Å². The number of H-pyrrole nitrogens is 1. The molecule has 0 atom stereocenters. The number of aromatic nitrogens is 2. The lowest BCUT2D eigenvalue weighted by molar-refractivity contribution is 0.490. The molecular weight excluding hydrogens is 252 g/mol. The number of sulfonamides is 1. The lowest BCUT2D eigenvalue weighted by Crippen LogP contribution is -2.41. The van der Waals surface area contributed by atoms with Gasteiger partial charge in [-0.2, -0.15) is 5.10 Å². The van der Waals surface area contributed by atoms with Crippen LogP contribution in [0.3, 0.4) is 0 Å². The van der Waals surface area contributed by atoms with Gasteiger partial charge in [0.25, 0.3) is 0 Å². The highest BCUT2D eigenvalue weighted by Gasteiger charge is 2.28. The van der Waals surface area contributed by atoms with Gasteiger partial charge in [0, 0.05) is 12.1 Å². The number of aromatic amines is 1. The zero-order valence-corrected chi connectivity index (χ0v) is 12.4. The van der Waals surface area contributed by atoms with Crippen LogP contribution >= 0.6 is 0 Å². The molecule has 7 heteroatoms. The van der Waals surface area contributed by atoms with Gasteiger partial charge in [0.2, 0.25) is 10.0 Å². The molecule has 1 aromatic heterocycles. The SMILES string of the molecule is CCNCc1n[nH]c(C)c1S(=O)(=O)NC(C)(C)C. The Kier molecular flexibility index (Phi) is 4.52. The molecule has 1 aromatic rings. The molecule has 0 radical (unpaired) electrons. The Morgan fingerprint density at radius 3 is 2.44 bits per heavy atom. The minimum Gasteiger partial charge on any atom is -0.311 e. The van der Waals surface area contributed by atoms with E-state index in [2.05, 4.69) is 20.2 Å². The van der Waals surface area contributed by atoms with Crippen molar-refractivity contribution in [2.45, 2.75) is 51.6 Å². The largest absolute Gasteiger partial charge is 0.311 e. The Balaban J connectivity index is 3.11. The van der Waals surface area contributed by atoms with Gasteiger partial charge in [-0.1, -0.05) is 6.92 Å². The van der Waals surface area contributed by atoms with Gasteiger partial charge >= 0.3 is 0 Å². The molecule has 0 aliphatic carbocycles. The second kappa shape index (κ2) is 5.38. The van der Waals surface area contributed by atoms with Crippen LogP contribution in [0.15, 0.2) is 4.90 Å². The Labute approximate surface area is 109 Å². The molecule has 0 amide bonds. The van der Waals surface area contributed by atoms with Crippen LogP contribution in [0, 0.1) is 6.92 Å². The smallest absolute Gasteiger partial charge is 0.244 e. The third kappa shape index (κ3) is 3.79. The highest BCUT2D eigenvalue weighted by Crippen LogP contribution is 2.19. The fraction of sp³-hybridized carbons (Fsp3) is 0.727. The molecule has 0 spiro atoms. The van der Waals surface area contributed by atoms with Gasteiger partial charge < -0.3 is 5.32 Å². The molecule has 0 bridgehead atoms. The van der Waals surface area contributed by atoms with Gasteiger partial charge in [-0.15, -0.1) is 0 Å². The molecule has 0 aliphatic rings. The summed E-state index contributed by atoms with van der Waals surface area (Å²) in [5.74, 6) is 0. The number of rotatable bonds is 5. The number of hydrogen-bond donors (Lipinski definition) is 3. The second-order valence-corrected chi connectivity index (χ2v) is 6.88. The lowest BCUT2D eigenvalue weighted by atomic mass is 10.1. The van der Waals surface area contributed by atoms with Gasteiger partial charge in [0.05, 0.1) is 11.4 Å². The minimum atomic E-state index is -3.55. The predicted molar refractivity (Wildman–Crippen MR) is 70.8 cm³/mol. The fourth-order valence-electron chi connectivity index (χ4n) is 1.64. The van der Waals surface area contributed by atoms with Crippen molar-refractivity contribution in [3.05, 3.63) is 11.4 Å². The van der Waals surface area contributed by atoms with Crippen LogP contribution in [-0.2, 0) is 16.6 Å². The van der Waals surface area contributed by atoms with E-state index in [1.807, 2.05) is 27.7 Å². The van der Waals surface area contributed by atoms with Crippen molar-refractivity contribution in [1.29, 1.82) is 0 Å². The van der Waals surface area contributed by atoms with E-state index in [1.165, 1.54) is 0 Å². The third-order valence-corrected chi connectivity index (χ3v) is 4.17. The Morgan fingerprint density at radius 1 is 1.33 bits per heavy atom. The van der Waals surface area contributed by atoms with E-state index in [9.17, 15) is 8.42 Å². The standard InChI is InChI=1S/C11H22N4O2S/c1-6-12-7-9-10(8(2)13-14-9)18(16,17)15-11(3,4)5/h12,15H,6-7H2,1-5H3,(H,13,14). The van der Waals surface area contributed by atoms with Gasteiger partial charge in [0.15, 0.2) is 0 Å². The summed E-state index contributed by atoms with van der Waals surface area (Å²) in [6, 6.07) is 0. The van der Waals surface area contributed by atoms with E-state index >= 15 is 0 Å². The average molecular weight is 274 g/mol. The summed E-state index contributed by atoms with van der Waals surface area (Å²) in [5, 5.41) is 9.85. The van der Waals surface area contributed by atoms with Gasteiger partial charge in [-0.25, -0.2) is 13.1 Å². The number of nitrogens with one attached hydrogen (secondary N) is 3. The molecule has 3 N–H and O–H groups in total. The first-order valence-electron chi connectivity index (χ1n) is 5.96. The summed E-state index contributed by atoms with van der Waals surface area (Å²) in [7, 11) is -3.55. The van der Waals surface area contributed by atoms with Crippen molar-refractivity contribution >= 4 is 10.0 Å². The van der Waals surface area contributed by atoms with Crippen molar-refractivity contribution in [3.63, 3.8) is 0 Å². The maximum atomic E-state index is 12.3. The molecular formula is C11H22N4O2S. The highest BCUT2D eigenvalue weighted by molar-refractivity contribution is 7.89. The van der Waals surface area contributed by atoms with E-state index in [4.69, 9.17) is 0 Å². The number of nitrogens with zero attached hydrogens (tertiary/aromatic N) is 1. The molecule has 0 aliphatic heterocycles. The van der Waals surface area contributed by atoms with E-state index in [-0.39, 0.29) is 4.90 Å². The molecule has 104 valence electrons. The summed E-state index contributed by atoms with van der Waals surface area (Å²) in [4.78, 5) is 0.248. The number of aryl methyl sites for hydroxylation is 1. The molecule has 0 aromatic carbocycles. The van der Waals surface area contributed by atoms with Crippen LogP contribution in [0.5, 0.6) is 0 Å². The van der Waals surface area contributed by atoms with E-state index in [1.54, 1.807) is 6.92 Å². The van der Waals surface area contributed by atoms with E-state index in [0.717, 1.165) is 6.54 Å². The van der Waals surface area contributed by atoms with Crippen LogP contribution < -0.4 is 10.0 Å². The van der Waals surface area contributed by atoms with Gasteiger partial charge in [-0.05, 0) is 34.2 Å². The Hall–Kier alpha value is -0.920. The zero-order chi connectivity index (χ0) is 14.0. The topological polar surface area (TPSA) is 86.9 Å². The quantitative estimate of drug-likeness (QED) is 0.744. The lowest BCUT2D eigenvalue weighted by Gasteiger charge is -2.20. The van der Waals surface area contributed by atoms with Crippen LogP contribution in [0.4, 0.5) is 0 Å². The first-order valence-corrected chi connectivity index (χ1v) is 7.44. The van der Waals surface area contributed by atoms with Crippen molar-refractivity contribution in [2.75, 3.05) is 6.54 Å². The highest BCUT2D eigenvalue weighted by atomic mass is 32.2. The van der Waals surface area contributed by atoms with Crippen LogP contribution in [-0.4, -0.2) is 30.7 Å². The van der Waals surface area contributed by atoms with Crippen molar-refractivity contribution in [2.24, 2.45) is 0 Å². The molecule has 0 unspecified atom stereocenters. The van der Waals surface area contributed by atoms with Gasteiger partial charge in [-0.3, -0.25) is 5.10 Å². The maximum absolute atomic E-state index is 12.3. The summed E-state index contributed by atoms with van der Waals surface area (Å²) in [6.45, 7) is 10.3. The third-order valence-electron chi connectivity index (χ3n) is 2.21. The normalized spacial score (nSPS) is 12.9. The summed E-state index contributed by atoms with van der Waals surface area (Å²) in [5.41, 5.74) is 0.559. The minimum absolute atomic E-state index is 0.248. The van der Waals surface area contributed by atoms with Gasteiger partial charge in [0.1, 0.15) is 4.90 Å². The van der Waals surface area contributed by atoms with Crippen LogP contribution in [0.25, 0.3) is 0 Å². The molecule has 6 nitrogen and oxygen atoms in total. The maximum Gasteiger partial charge on any atom is 0.244 e. The van der Waals surface area contributed by atoms with Crippen LogP contribution in [0.2, 0.25) is 0 Å². The average Bonchev–Trinajstić information content (AvgIpc) is 2.53. The number of hydrogen-bond acceptors (Lipinski definition) is 4. The van der Waals surface area contributed by atoms with Crippen molar-refractivity contribution in [3.8, 4) is 0 Å². The summed E-state index contributed by atoms with van der Waals surface area (Å²) >= 11 is 0. The molecule has 1 rings (SSSR count). The molecule has 1 heterocycles. The van der Waals surface area contributed by atoms with Crippen LogP contribution in [0.1, 0.15) is 39.1 Å². The Morgan fingerprint density at radius 2 is 1.94 bits per heavy atom. The zero-order valence-electron chi connectivity index (χ0n) is 11.6.